The van der Waals surface area contributed by atoms with E-state index in [1.54, 1.807) is 10.7 Å². The Bertz CT molecular complexity index is 500. The Balaban J connectivity index is 2.27. The molecule has 2 aromatic rings. The van der Waals surface area contributed by atoms with E-state index in [0.717, 1.165) is 28.5 Å². The van der Waals surface area contributed by atoms with Crippen molar-refractivity contribution in [1.29, 1.82) is 0 Å². The Morgan fingerprint density at radius 1 is 1.43 bits per heavy atom. The lowest BCUT2D eigenvalue weighted by Crippen LogP contribution is -2.18. The van der Waals surface area contributed by atoms with Crippen LogP contribution < -0.4 is 5.73 Å². The molecule has 0 saturated heterocycles. The van der Waals surface area contributed by atoms with Gasteiger partial charge in [-0.25, -0.2) is 9.50 Å². The van der Waals surface area contributed by atoms with Crippen molar-refractivity contribution in [3.8, 4) is 0 Å². The van der Waals surface area contributed by atoms with Crippen molar-refractivity contribution < 1.29 is 0 Å². The third-order valence-electron chi connectivity index (χ3n) is 2.65. The number of fused-ring (bicyclic) bond motifs is 1. The molecule has 0 unspecified atom stereocenters. The third-order valence-corrected chi connectivity index (χ3v) is 3.06. The van der Waals surface area contributed by atoms with E-state index >= 15 is 0 Å². The Morgan fingerprint density at radius 3 is 2.93 bits per heavy atom. The summed E-state index contributed by atoms with van der Waals surface area (Å²) in [4.78, 5) is 4.32. The van der Waals surface area contributed by atoms with E-state index in [9.17, 15) is 0 Å². The zero-order chi connectivity index (χ0) is 9.76. The number of hydrogen-bond donors (Lipinski definition) is 1. The highest BCUT2D eigenvalue weighted by atomic mass is 79.9. The molecule has 1 fully saturated rings. The van der Waals surface area contributed by atoms with Crippen molar-refractivity contribution in [3.05, 3.63) is 28.6 Å². The summed E-state index contributed by atoms with van der Waals surface area (Å²) in [6.07, 6.45) is 7.55. The summed E-state index contributed by atoms with van der Waals surface area (Å²) in [5.41, 5.74) is 7.88. The molecule has 0 aliphatic heterocycles. The lowest BCUT2D eigenvalue weighted by Gasteiger charge is -2.04. The van der Waals surface area contributed by atoms with Crippen LogP contribution in [0.4, 0.5) is 0 Å². The smallest absolute Gasteiger partial charge is 0.160 e. The van der Waals surface area contributed by atoms with Crippen LogP contribution in [0.2, 0.25) is 0 Å². The molecule has 2 N–H and O–H groups in total. The normalized spacial score (nSPS) is 18.7. The second kappa shape index (κ2) is 2.55. The molecular weight excluding hydrogens is 244 g/mol. The van der Waals surface area contributed by atoms with E-state index in [2.05, 4.69) is 26.0 Å². The maximum Gasteiger partial charge on any atom is 0.160 e. The van der Waals surface area contributed by atoms with Crippen molar-refractivity contribution in [2.24, 2.45) is 5.73 Å². The molecule has 1 aliphatic rings. The van der Waals surface area contributed by atoms with Crippen molar-refractivity contribution >= 4 is 21.6 Å². The van der Waals surface area contributed by atoms with Crippen LogP contribution in [0, 0.1) is 0 Å². The topological polar surface area (TPSA) is 56.2 Å². The molecule has 14 heavy (non-hydrogen) atoms. The van der Waals surface area contributed by atoms with Gasteiger partial charge in [-0.2, -0.15) is 5.10 Å². The predicted molar refractivity (Wildman–Crippen MR) is 55.8 cm³/mol. The van der Waals surface area contributed by atoms with Crippen molar-refractivity contribution in [1.82, 2.24) is 14.6 Å². The van der Waals surface area contributed by atoms with Gasteiger partial charge in [0.2, 0.25) is 0 Å². The fourth-order valence-corrected chi connectivity index (χ4v) is 1.90. The van der Waals surface area contributed by atoms with Crippen LogP contribution >= 0.6 is 15.9 Å². The lowest BCUT2D eigenvalue weighted by molar-refractivity contribution is 0.745. The van der Waals surface area contributed by atoms with Gasteiger partial charge < -0.3 is 5.73 Å². The first-order valence-electron chi connectivity index (χ1n) is 4.47. The van der Waals surface area contributed by atoms with E-state index < -0.39 is 0 Å². The molecule has 0 amide bonds. The SMILES string of the molecule is NC1(c2cnn3cc(Br)cnc23)CC1. The van der Waals surface area contributed by atoms with Gasteiger partial charge in [-0.05, 0) is 28.8 Å². The van der Waals surface area contributed by atoms with Crippen LogP contribution in [0.1, 0.15) is 18.4 Å². The summed E-state index contributed by atoms with van der Waals surface area (Å²) in [5.74, 6) is 0. The maximum atomic E-state index is 6.11. The summed E-state index contributed by atoms with van der Waals surface area (Å²) in [7, 11) is 0. The van der Waals surface area contributed by atoms with E-state index in [0.29, 0.717) is 0 Å². The molecule has 0 radical (unpaired) electrons. The Kier molecular flexibility index (Phi) is 1.52. The van der Waals surface area contributed by atoms with Gasteiger partial charge in [0.05, 0.1) is 10.7 Å². The minimum atomic E-state index is -0.164. The molecule has 2 heterocycles. The first kappa shape index (κ1) is 8.38. The third kappa shape index (κ3) is 1.09. The standard InChI is InChI=1S/C9H9BrN4/c10-6-3-12-8-7(9(11)1-2-9)4-13-14(8)5-6/h3-5H,1-2,11H2. The Hall–Kier alpha value is -0.940. The Morgan fingerprint density at radius 2 is 2.21 bits per heavy atom. The fraction of sp³-hybridized carbons (Fsp3) is 0.333. The van der Waals surface area contributed by atoms with Crippen LogP contribution in [0.5, 0.6) is 0 Å². The van der Waals surface area contributed by atoms with Gasteiger partial charge in [-0.15, -0.1) is 0 Å². The highest BCUT2D eigenvalue weighted by molar-refractivity contribution is 9.10. The Labute approximate surface area is 89.3 Å². The van der Waals surface area contributed by atoms with Crippen LogP contribution in [-0.4, -0.2) is 14.6 Å². The van der Waals surface area contributed by atoms with Crippen molar-refractivity contribution in [2.75, 3.05) is 0 Å². The minimum absolute atomic E-state index is 0.164. The van der Waals surface area contributed by atoms with Crippen LogP contribution in [0.25, 0.3) is 5.65 Å². The summed E-state index contributed by atoms with van der Waals surface area (Å²) in [5, 5.41) is 4.23. The largest absolute Gasteiger partial charge is 0.321 e. The molecule has 4 nitrogen and oxygen atoms in total. The van der Waals surface area contributed by atoms with Crippen molar-refractivity contribution in [2.45, 2.75) is 18.4 Å². The molecule has 3 rings (SSSR count). The average molecular weight is 253 g/mol. The quantitative estimate of drug-likeness (QED) is 0.836. The van der Waals surface area contributed by atoms with Gasteiger partial charge in [0.25, 0.3) is 0 Å². The number of halogens is 1. The second-order valence-electron chi connectivity index (χ2n) is 3.75. The molecule has 0 atom stereocenters. The second-order valence-corrected chi connectivity index (χ2v) is 4.67. The highest BCUT2D eigenvalue weighted by Crippen LogP contribution is 2.43. The number of aromatic nitrogens is 3. The monoisotopic (exact) mass is 252 g/mol. The van der Waals surface area contributed by atoms with Gasteiger partial charge in [0.15, 0.2) is 5.65 Å². The molecule has 0 bridgehead atoms. The van der Waals surface area contributed by atoms with E-state index in [4.69, 9.17) is 5.73 Å². The molecule has 2 aromatic heterocycles. The summed E-state index contributed by atoms with van der Waals surface area (Å²) in [6, 6.07) is 0. The van der Waals surface area contributed by atoms with Gasteiger partial charge in [-0.3, -0.25) is 0 Å². The van der Waals surface area contributed by atoms with Gasteiger partial charge >= 0.3 is 0 Å². The zero-order valence-corrected chi connectivity index (χ0v) is 9.03. The van der Waals surface area contributed by atoms with Gasteiger partial charge in [-0.1, -0.05) is 0 Å². The lowest BCUT2D eigenvalue weighted by atomic mass is 10.1. The molecule has 5 heteroatoms. The number of nitrogens with zero attached hydrogens (tertiary/aromatic N) is 3. The van der Waals surface area contributed by atoms with E-state index in [-0.39, 0.29) is 5.54 Å². The van der Waals surface area contributed by atoms with Crippen LogP contribution in [0.3, 0.4) is 0 Å². The number of hydrogen-bond acceptors (Lipinski definition) is 3. The molecular formula is C9H9BrN4. The first-order valence-corrected chi connectivity index (χ1v) is 5.27. The fourth-order valence-electron chi connectivity index (χ4n) is 1.61. The van der Waals surface area contributed by atoms with E-state index in [1.807, 2.05) is 12.4 Å². The number of nitrogens with two attached hydrogens (primary N) is 1. The molecule has 1 saturated carbocycles. The molecule has 0 aromatic carbocycles. The van der Waals surface area contributed by atoms with Gasteiger partial charge in [0.1, 0.15) is 0 Å². The van der Waals surface area contributed by atoms with Crippen LogP contribution in [-0.2, 0) is 5.54 Å². The maximum absolute atomic E-state index is 6.11. The minimum Gasteiger partial charge on any atom is -0.321 e. The highest BCUT2D eigenvalue weighted by Gasteiger charge is 2.42. The summed E-state index contributed by atoms with van der Waals surface area (Å²) in [6.45, 7) is 0. The molecule has 1 aliphatic carbocycles. The van der Waals surface area contributed by atoms with E-state index in [1.165, 1.54) is 0 Å². The average Bonchev–Trinajstić information content (AvgIpc) is 2.77. The summed E-state index contributed by atoms with van der Waals surface area (Å²) < 4.78 is 2.67. The molecule has 72 valence electrons. The van der Waals surface area contributed by atoms with Gasteiger partial charge in [0, 0.05) is 23.5 Å². The predicted octanol–water partition coefficient (Wildman–Crippen LogP) is 1.44. The van der Waals surface area contributed by atoms with Crippen molar-refractivity contribution in [3.63, 3.8) is 0 Å². The van der Waals surface area contributed by atoms with Crippen LogP contribution in [0.15, 0.2) is 23.1 Å². The molecule has 0 spiro atoms. The zero-order valence-electron chi connectivity index (χ0n) is 7.44. The first-order chi connectivity index (χ1) is 6.69. The summed E-state index contributed by atoms with van der Waals surface area (Å²) >= 11 is 3.35. The number of rotatable bonds is 1.